The summed E-state index contributed by atoms with van der Waals surface area (Å²) < 4.78 is 0. The Morgan fingerprint density at radius 3 is 2.95 bits per heavy atom. The molecule has 6 nitrogen and oxygen atoms in total. The number of pyridine rings is 1. The number of rotatable bonds is 3. The van der Waals surface area contributed by atoms with E-state index in [9.17, 15) is 9.59 Å². The van der Waals surface area contributed by atoms with Crippen molar-refractivity contribution in [2.45, 2.75) is 32.7 Å². The summed E-state index contributed by atoms with van der Waals surface area (Å²) in [5.41, 5.74) is 0.711. The van der Waals surface area contributed by atoms with Gasteiger partial charge in [-0.3, -0.25) is 9.78 Å². The number of amides is 3. The number of aromatic nitrogens is 1. The van der Waals surface area contributed by atoms with Crippen LogP contribution in [0.3, 0.4) is 0 Å². The van der Waals surface area contributed by atoms with Crippen LogP contribution in [0, 0.1) is 11.3 Å². The number of carbonyl (C=O) groups excluding carboxylic acids is 2. The minimum absolute atomic E-state index is 0.00422. The second-order valence-corrected chi connectivity index (χ2v) is 6.63. The average molecular weight is 302 g/mol. The lowest BCUT2D eigenvalue weighted by Crippen LogP contribution is -2.42. The summed E-state index contributed by atoms with van der Waals surface area (Å²) in [5.74, 6) is 0.0451. The van der Waals surface area contributed by atoms with Gasteiger partial charge in [-0.1, -0.05) is 0 Å². The lowest BCUT2D eigenvalue weighted by atomic mass is 10.0. The van der Waals surface area contributed by atoms with Crippen molar-refractivity contribution >= 4 is 17.6 Å². The smallest absolute Gasteiger partial charge is 0.317 e. The molecule has 2 atom stereocenters. The molecule has 3 rings (SSSR count). The quantitative estimate of drug-likeness (QED) is 0.895. The summed E-state index contributed by atoms with van der Waals surface area (Å²) in [6.07, 6.45) is 5.09. The molecular formula is C16H22N4O2. The van der Waals surface area contributed by atoms with Gasteiger partial charge in [0.15, 0.2) is 0 Å². The molecule has 1 spiro atoms. The molecule has 22 heavy (non-hydrogen) atoms. The molecule has 1 aromatic rings. The normalized spacial score (nSPS) is 26.3. The van der Waals surface area contributed by atoms with Crippen LogP contribution in [0.15, 0.2) is 24.5 Å². The molecule has 1 aromatic heterocycles. The van der Waals surface area contributed by atoms with Crippen LogP contribution in [-0.2, 0) is 4.79 Å². The standard InChI is InChI=1S/C16H22N4O2/c1-11(2)18-15(22)20-7-5-16(10-20)8-13(16)14(21)19-12-4-3-6-17-9-12/h3-4,6,9,11,13H,5,7-8,10H2,1-2H3,(H,18,22)(H,19,21)/t13-,16-/m1/s1. The lowest BCUT2D eigenvalue weighted by Gasteiger charge is -2.19. The molecule has 3 amide bonds. The van der Waals surface area contributed by atoms with Gasteiger partial charge in [0.1, 0.15) is 0 Å². The van der Waals surface area contributed by atoms with Gasteiger partial charge in [-0.25, -0.2) is 4.79 Å². The molecule has 118 valence electrons. The number of urea groups is 1. The highest BCUT2D eigenvalue weighted by Crippen LogP contribution is 2.58. The van der Waals surface area contributed by atoms with E-state index in [2.05, 4.69) is 15.6 Å². The van der Waals surface area contributed by atoms with Gasteiger partial charge in [0.05, 0.1) is 11.9 Å². The molecule has 2 fully saturated rings. The van der Waals surface area contributed by atoms with Gasteiger partial charge >= 0.3 is 6.03 Å². The predicted octanol–water partition coefficient (Wildman–Crippen LogP) is 1.85. The maximum Gasteiger partial charge on any atom is 0.317 e. The van der Waals surface area contributed by atoms with E-state index >= 15 is 0 Å². The first-order chi connectivity index (χ1) is 10.5. The summed E-state index contributed by atoms with van der Waals surface area (Å²) in [5, 5.41) is 5.82. The van der Waals surface area contributed by atoms with Gasteiger partial charge in [0, 0.05) is 36.7 Å². The van der Waals surface area contributed by atoms with Gasteiger partial charge in [0.2, 0.25) is 5.91 Å². The summed E-state index contributed by atoms with van der Waals surface area (Å²) in [7, 11) is 0. The average Bonchev–Trinajstić information content (AvgIpc) is 3.00. The minimum Gasteiger partial charge on any atom is -0.336 e. The van der Waals surface area contributed by atoms with Crippen LogP contribution in [0.25, 0.3) is 0 Å². The fraction of sp³-hybridized carbons (Fsp3) is 0.562. The zero-order chi connectivity index (χ0) is 15.7. The van der Waals surface area contributed by atoms with Crippen LogP contribution < -0.4 is 10.6 Å². The zero-order valence-electron chi connectivity index (χ0n) is 13.0. The maximum absolute atomic E-state index is 12.3. The Hall–Kier alpha value is -2.11. The predicted molar refractivity (Wildman–Crippen MR) is 83.3 cm³/mol. The summed E-state index contributed by atoms with van der Waals surface area (Å²) in [4.78, 5) is 30.2. The van der Waals surface area contributed by atoms with E-state index in [0.29, 0.717) is 6.54 Å². The Morgan fingerprint density at radius 2 is 2.27 bits per heavy atom. The highest BCUT2D eigenvalue weighted by Gasteiger charge is 2.61. The fourth-order valence-electron chi connectivity index (χ4n) is 3.24. The fourth-order valence-corrected chi connectivity index (χ4v) is 3.24. The van der Waals surface area contributed by atoms with E-state index in [1.165, 1.54) is 0 Å². The van der Waals surface area contributed by atoms with Gasteiger partial charge < -0.3 is 15.5 Å². The Bertz CT molecular complexity index is 575. The third-order valence-electron chi connectivity index (χ3n) is 4.52. The first-order valence-electron chi connectivity index (χ1n) is 7.76. The molecule has 2 heterocycles. The largest absolute Gasteiger partial charge is 0.336 e. The minimum atomic E-state index is -0.0230. The van der Waals surface area contributed by atoms with Crippen LogP contribution in [-0.4, -0.2) is 41.0 Å². The van der Waals surface area contributed by atoms with Gasteiger partial charge in [-0.2, -0.15) is 0 Å². The number of hydrogen-bond acceptors (Lipinski definition) is 3. The second kappa shape index (κ2) is 5.59. The topological polar surface area (TPSA) is 74.3 Å². The first kappa shape index (κ1) is 14.8. The molecule has 6 heteroatoms. The van der Waals surface area contributed by atoms with Gasteiger partial charge in [-0.15, -0.1) is 0 Å². The molecule has 1 saturated carbocycles. The third kappa shape index (κ3) is 2.91. The van der Waals surface area contributed by atoms with Crippen molar-refractivity contribution in [3.05, 3.63) is 24.5 Å². The molecule has 0 bridgehead atoms. The molecule has 1 aliphatic heterocycles. The van der Waals surface area contributed by atoms with E-state index in [1.54, 1.807) is 18.5 Å². The van der Waals surface area contributed by atoms with E-state index in [-0.39, 0.29) is 29.3 Å². The Kier molecular flexibility index (Phi) is 3.76. The van der Waals surface area contributed by atoms with Crippen molar-refractivity contribution in [1.82, 2.24) is 15.2 Å². The number of nitrogens with one attached hydrogen (secondary N) is 2. The van der Waals surface area contributed by atoms with Crippen molar-refractivity contribution in [3.8, 4) is 0 Å². The Labute approximate surface area is 130 Å². The number of nitrogens with zero attached hydrogens (tertiary/aromatic N) is 2. The molecule has 0 unspecified atom stereocenters. The SMILES string of the molecule is CC(C)NC(=O)N1CC[C@@]2(C[C@@H]2C(=O)Nc2cccnc2)C1. The van der Waals surface area contributed by atoms with Gasteiger partial charge in [0.25, 0.3) is 0 Å². The highest BCUT2D eigenvalue weighted by atomic mass is 16.2. The molecule has 0 aromatic carbocycles. The van der Waals surface area contributed by atoms with Crippen LogP contribution in [0.1, 0.15) is 26.7 Å². The van der Waals surface area contributed by atoms with E-state index in [0.717, 1.165) is 25.1 Å². The Balaban J connectivity index is 1.55. The van der Waals surface area contributed by atoms with Crippen LogP contribution in [0.2, 0.25) is 0 Å². The number of anilines is 1. The zero-order valence-corrected chi connectivity index (χ0v) is 13.0. The van der Waals surface area contributed by atoms with E-state index in [4.69, 9.17) is 0 Å². The van der Waals surface area contributed by atoms with Crippen LogP contribution >= 0.6 is 0 Å². The van der Waals surface area contributed by atoms with Crippen LogP contribution in [0.5, 0.6) is 0 Å². The molecule has 2 aliphatic rings. The Morgan fingerprint density at radius 1 is 1.45 bits per heavy atom. The third-order valence-corrected chi connectivity index (χ3v) is 4.52. The number of likely N-dealkylation sites (tertiary alicyclic amines) is 1. The van der Waals surface area contributed by atoms with Crippen molar-refractivity contribution in [1.29, 1.82) is 0 Å². The summed E-state index contributed by atoms with van der Waals surface area (Å²) in [6.45, 7) is 5.31. The van der Waals surface area contributed by atoms with Crippen molar-refractivity contribution in [2.75, 3.05) is 18.4 Å². The summed E-state index contributed by atoms with van der Waals surface area (Å²) in [6, 6.07) is 3.74. The monoisotopic (exact) mass is 302 g/mol. The van der Waals surface area contributed by atoms with Crippen molar-refractivity contribution < 1.29 is 9.59 Å². The molecule has 1 aliphatic carbocycles. The lowest BCUT2D eigenvalue weighted by molar-refractivity contribution is -0.118. The van der Waals surface area contributed by atoms with Crippen LogP contribution in [0.4, 0.5) is 10.5 Å². The van der Waals surface area contributed by atoms with E-state index < -0.39 is 0 Å². The first-order valence-corrected chi connectivity index (χ1v) is 7.76. The van der Waals surface area contributed by atoms with Gasteiger partial charge in [-0.05, 0) is 38.8 Å². The molecule has 0 radical (unpaired) electrons. The van der Waals surface area contributed by atoms with Crippen molar-refractivity contribution in [2.24, 2.45) is 11.3 Å². The summed E-state index contributed by atoms with van der Waals surface area (Å²) >= 11 is 0. The maximum atomic E-state index is 12.3. The second-order valence-electron chi connectivity index (χ2n) is 6.63. The molecular weight excluding hydrogens is 280 g/mol. The molecule has 1 saturated heterocycles. The number of hydrogen-bond donors (Lipinski definition) is 2. The number of carbonyl (C=O) groups is 2. The van der Waals surface area contributed by atoms with Crippen molar-refractivity contribution in [3.63, 3.8) is 0 Å². The van der Waals surface area contributed by atoms with E-state index in [1.807, 2.05) is 24.8 Å². The highest BCUT2D eigenvalue weighted by molar-refractivity contribution is 5.95. The molecule has 2 N–H and O–H groups in total.